The predicted octanol–water partition coefficient (Wildman–Crippen LogP) is 3.49. The Kier molecular flexibility index (Phi) is 7.50. The van der Waals surface area contributed by atoms with Crippen molar-refractivity contribution in [2.24, 2.45) is 5.92 Å². The van der Waals surface area contributed by atoms with Gasteiger partial charge < -0.3 is 14.6 Å². The summed E-state index contributed by atoms with van der Waals surface area (Å²) < 4.78 is 7.09. The number of nitrogens with one attached hydrogen (secondary N) is 1. The zero-order valence-corrected chi connectivity index (χ0v) is 16.7. The number of nitrogens with zero attached hydrogens (tertiary/aromatic N) is 2. The maximum Gasteiger partial charge on any atom is 0.338 e. The minimum Gasteiger partial charge on any atom is -0.462 e. The van der Waals surface area contributed by atoms with Gasteiger partial charge in [-0.15, -0.1) is 0 Å². The van der Waals surface area contributed by atoms with Crippen LogP contribution < -0.4 is 5.32 Å². The Morgan fingerprint density at radius 3 is 2.73 bits per heavy atom. The van der Waals surface area contributed by atoms with Crippen LogP contribution >= 0.6 is 11.8 Å². The van der Waals surface area contributed by atoms with Crippen LogP contribution in [0.1, 0.15) is 44.5 Å². The second-order valence-electron chi connectivity index (χ2n) is 6.38. The number of hydrogen-bond donors (Lipinski definition) is 1. The van der Waals surface area contributed by atoms with Crippen LogP contribution in [0.15, 0.2) is 23.4 Å². The molecule has 0 saturated carbocycles. The lowest BCUT2D eigenvalue weighted by Gasteiger charge is -2.08. The minimum absolute atomic E-state index is 0.0116. The Balaban J connectivity index is 2.09. The van der Waals surface area contributed by atoms with Crippen LogP contribution in [0.3, 0.4) is 0 Å². The lowest BCUT2D eigenvalue weighted by Crippen LogP contribution is -2.27. The molecule has 142 valence electrons. The number of ether oxygens (including phenoxy) is 1. The molecule has 1 N–H and O–H groups in total. The molecule has 0 bridgehead atoms. The monoisotopic (exact) mass is 377 g/mol. The van der Waals surface area contributed by atoms with E-state index in [1.807, 2.05) is 13.0 Å². The summed E-state index contributed by atoms with van der Waals surface area (Å²) in [7, 11) is 0. The van der Waals surface area contributed by atoms with Gasteiger partial charge in [0, 0.05) is 13.1 Å². The average molecular weight is 378 g/mol. The van der Waals surface area contributed by atoms with Gasteiger partial charge in [-0.3, -0.25) is 4.79 Å². The van der Waals surface area contributed by atoms with Crippen molar-refractivity contribution < 1.29 is 14.3 Å². The number of esters is 1. The lowest BCUT2D eigenvalue weighted by atomic mass is 10.1. The van der Waals surface area contributed by atoms with Crippen LogP contribution in [-0.4, -0.2) is 40.3 Å². The number of imidazole rings is 1. The molecular weight excluding hydrogens is 350 g/mol. The predicted molar refractivity (Wildman–Crippen MR) is 105 cm³/mol. The highest BCUT2D eigenvalue weighted by Crippen LogP contribution is 2.25. The Morgan fingerprint density at radius 2 is 2.08 bits per heavy atom. The van der Waals surface area contributed by atoms with Crippen LogP contribution in [0.4, 0.5) is 0 Å². The molecule has 0 unspecified atom stereocenters. The number of rotatable bonds is 9. The normalized spacial score (nSPS) is 11.1. The molecular formula is C19H27N3O3S. The van der Waals surface area contributed by atoms with E-state index in [-0.39, 0.29) is 11.9 Å². The summed E-state index contributed by atoms with van der Waals surface area (Å²) >= 11 is 1.41. The Bertz CT molecular complexity index is 771. The summed E-state index contributed by atoms with van der Waals surface area (Å²) in [6, 6.07) is 5.37. The maximum absolute atomic E-state index is 12.0. The highest BCUT2D eigenvalue weighted by Gasteiger charge is 2.15. The molecule has 1 aromatic heterocycles. The molecule has 0 atom stereocenters. The Hall–Kier alpha value is -2.02. The van der Waals surface area contributed by atoms with Crippen LogP contribution in [0.2, 0.25) is 0 Å². The SMILES string of the molecule is CCOC(=O)c1ccc2c(c1)nc(SCC(=O)NCCC(C)C)n2CC. The molecule has 26 heavy (non-hydrogen) atoms. The zero-order valence-electron chi connectivity index (χ0n) is 15.9. The van der Waals surface area contributed by atoms with Crippen molar-refractivity contribution >= 4 is 34.7 Å². The standard InChI is InChI=1S/C19H27N3O3S/c1-5-22-16-8-7-14(18(24)25-6-2)11-15(16)21-19(22)26-12-17(23)20-10-9-13(3)4/h7-8,11,13H,5-6,9-10,12H2,1-4H3,(H,20,23). The average Bonchev–Trinajstić information content (AvgIpc) is 2.96. The van der Waals surface area contributed by atoms with Gasteiger partial charge in [0.05, 0.1) is 29.0 Å². The van der Waals surface area contributed by atoms with E-state index in [4.69, 9.17) is 4.74 Å². The van der Waals surface area contributed by atoms with Gasteiger partial charge in [0.25, 0.3) is 0 Å². The molecule has 0 radical (unpaired) electrons. The number of carbonyl (C=O) groups is 2. The topological polar surface area (TPSA) is 73.2 Å². The van der Waals surface area contributed by atoms with E-state index in [0.29, 0.717) is 30.4 Å². The van der Waals surface area contributed by atoms with Gasteiger partial charge in [-0.1, -0.05) is 25.6 Å². The first-order valence-electron chi connectivity index (χ1n) is 9.03. The number of aromatic nitrogens is 2. The first-order chi connectivity index (χ1) is 12.5. The molecule has 0 aliphatic carbocycles. The van der Waals surface area contributed by atoms with Crippen molar-refractivity contribution in [3.63, 3.8) is 0 Å². The summed E-state index contributed by atoms with van der Waals surface area (Å²) in [6.07, 6.45) is 0.973. The number of aryl methyl sites for hydroxylation is 1. The summed E-state index contributed by atoms with van der Waals surface area (Å²) in [5.74, 6) is 0.559. The fourth-order valence-corrected chi connectivity index (χ4v) is 3.45. The van der Waals surface area contributed by atoms with Crippen molar-refractivity contribution in [2.45, 2.75) is 45.8 Å². The van der Waals surface area contributed by atoms with Gasteiger partial charge in [0.15, 0.2) is 5.16 Å². The van der Waals surface area contributed by atoms with Crippen LogP contribution in [-0.2, 0) is 16.1 Å². The molecule has 0 aliphatic rings. The fraction of sp³-hybridized carbons (Fsp3) is 0.526. The van der Waals surface area contributed by atoms with Crippen molar-refractivity contribution in [3.8, 4) is 0 Å². The van der Waals surface area contributed by atoms with Crippen molar-refractivity contribution in [1.29, 1.82) is 0 Å². The van der Waals surface area contributed by atoms with Crippen molar-refractivity contribution in [1.82, 2.24) is 14.9 Å². The minimum atomic E-state index is -0.348. The third-order valence-corrected chi connectivity index (χ3v) is 4.89. The number of benzene rings is 1. The summed E-state index contributed by atoms with van der Waals surface area (Å²) in [6.45, 7) is 9.87. The van der Waals surface area contributed by atoms with Gasteiger partial charge in [0.2, 0.25) is 5.91 Å². The van der Waals surface area contributed by atoms with E-state index in [9.17, 15) is 9.59 Å². The molecule has 7 heteroatoms. The number of carbonyl (C=O) groups excluding carboxylic acids is 2. The second-order valence-corrected chi connectivity index (χ2v) is 7.33. The number of amides is 1. The van der Waals surface area contributed by atoms with E-state index in [1.54, 1.807) is 19.1 Å². The maximum atomic E-state index is 12.0. The van der Waals surface area contributed by atoms with Gasteiger partial charge in [-0.25, -0.2) is 9.78 Å². The number of hydrogen-bond acceptors (Lipinski definition) is 5. The van der Waals surface area contributed by atoms with E-state index < -0.39 is 0 Å². The van der Waals surface area contributed by atoms with E-state index in [0.717, 1.165) is 29.2 Å². The molecule has 0 spiro atoms. The second kappa shape index (κ2) is 9.62. The molecule has 6 nitrogen and oxygen atoms in total. The molecule has 1 amide bonds. The summed E-state index contributed by atoms with van der Waals surface area (Å²) in [5, 5.41) is 3.72. The van der Waals surface area contributed by atoms with Crippen LogP contribution in [0, 0.1) is 5.92 Å². The van der Waals surface area contributed by atoms with E-state index in [2.05, 4.69) is 28.7 Å². The van der Waals surface area contributed by atoms with Crippen LogP contribution in [0.25, 0.3) is 11.0 Å². The highest BCUT2D eigenvalue weighted by atomic mass is 32.2. The Morgan fingerprint density at radius 1 is 1.31 bits per heavy atom. The van der Waals surface area contributed by atoms with Gasteiger partial charge in [0.1, 0.15) is 0 Å². The molecule has 1 heterocycles. The van der Waals surface area contributed by atoms with Gasteiger partial charge >= 0.3 is 5.97 Å². The van der Waals surface area contributed by atoms with E-state index >= 15 is 0 Å². The first kappa shape index (κ1) is 20.3. The summed E-state index contributed by atoms with van der Waals surface area (Å²) in [4.78, 5) is 28.5. The van der Waals surface area contributed by atoms with Gasteiger partial charge in [-0.2, -0.15) is 0 Å². The fourth-order valence-electron chi connectivity index (χ4n) is 2.55. The van der Waals surface area contributed by atoms with Crippen molar-refractivity contribution in [2.75, 3.05) is 18.9 Å². The number of thioether (sulfide) groups is 1. The zero-order chi connectivity index (χ0) is 19.1. The Labute approximate surface area is 158 Å². The van der Waals surface area contributed by atoms with Crippen molar-refractivity contribution in [3.05, 3.63) is 23.8 Å². The highest BCUT2D eigenvalue weighted by molar-refractivity contribution is 7.99. The lowest BCUT2D eigenvalue weighted by molar-refractivity contribution is -0.118. The third-order valence-electron chi connectivity index (χ3n) is 3.92. The van der Waals surface area contributed by atoms with E-state index in [1.165, 1.54) is 11.8 Å². The molecule has 0 aliphatic heterocycles. The molecule has 0 saturated heterocycles. The third kappa shape index (κ3) is 5.24. The van der Waals surface area contributed by atoms with Crippen LogP contribution in [0.5, 0.6) is 0 Å². The summed E-state index contributed by atoms with van der Waals surface area (Å²) in [5.41, 5.74) is 2.17. The molecule has 1 aromatic carbocycles. The molecule has 2 aromatic rings. The number of fused-ring (bicyclic) bond motifs is 1. The largest absolute Gasteiger partial charge is 0.462 e. The first-order valence-corrected chi connectivity index (χ1v) is 10.0. The smallest absolute Gasteiger partial charge is 0.338 e. The quantitative estimate of drug-likeness (QED) is 0.535. The molecule has 2 rings (SSSR count). The molecule has 0 fully saturated rings. The van der Waals surface area contributed by atoms with Gasteiger partial charge in [-0.05, 0) is 44.4 Å².